The summed E-state index contributed by atoms with van der Waals surface area (Å²) in [4.78, 5) is 24.4. The molecule has 1 heterocycles. The van der Waals surface area contributed by atoms with E-state index in [1.165, 1.54) is 12.3 Å². The maximum absolute atomic E-state index is 12.1. The van der Waals surface area contributed by atoms with Gasteiger partial charge in [-0.15, -0.1) is 0 Å². The SMILES string of the molecule is C[S@@](=O)c1ccccc1C(=O)OCC(=O)NCc1ccc2c(c1)OCO2. The molecule has 0 aliphatic carbocycles. The molecule has 0 saturated carbocycles. The number of carbonyl (C=O) groups is 2. The lowest BCUT2D eigenvalue weighted by Crippen LogP contribution is -2.28. The number of fused-ring (bicyclic) bond motifs is 1. The van der Waals surface area contributed by atoms with E-state index in [0.29, 0.717) is 16.4 Å². The molecule has 2 aromatic rings. The Kier molecular flexibility index (Phi) is 5.52. The van der Waals surface area contributed by atoms with Crippen molar-refractivity contribution in [2.75, 3.05) is 19.7 Å². The molecular weight excluding hydrogens is 358 g/mol. The van der Waals surface area contributed by atoms with Gasteiger partial charge in [-0.3, -0.25) is 9.00 Å². The Morgan fingerprint density at radius 2 is 1.92 bits per heavy atom. The van der Waals surface area contributed by atoms with Crippen molar-refractivity contribution in [3.63, 3.8) is 0 Å². The zero-order chi connectivity index (χ0) is 18.5. The summed E-state index contributed by atoms with van der Waals surface area (Å²) >= 11 is 0. The number of carbonyl (C=O) groups excluding carboxylic acids is 2. The molecule has 3 rings (SSSR count). The number of esters is 1. The van der Waals surface area contributed by atoms with E-state index in [2.05, 4.69) is 5.32 Å². The molecule has 1 N–H and O–H groups in total. The minimum absolute atomic E-state index is 0.186. The van der Waals surface area contributed by atoms with Gasteiger partial charge in [0.1, 0.15) is 0 Å². The first-order valence-electron chi connectivity index (χ1n) is 7.79. The molecule has 136 valence electrons. The van der Waals surface area contributed by atoms with Crippen LogP contribution < -0.4 is 14.8 Å². The molecule has 0 saturated heterocycles. The zero-order valence-corrected chi connectivity index (χ0v) is 14.8. The highest BCUT2D eigenvalue weighted by atomic mass is 32.2. The Morgan fingerprint density at radius 3 is 2.73 bits per heavy atom. The first-order chi connectivity index (χ1) is 12.5. The van der Waals surface area contributed by atoms with Crippen LogP contribution in [0.2, 0.25) is 0 Å². The highest BCUT2D eigenvalue weighted by molar-refractivity contribution is 7.84. The summed E-state index contributed by atoms with van der Waals surface area (Å²) in [7, 11) is -1.33. The summed E-state index contributed by atoms with van der Waals surface area (Å²) in [6, 6.07) is 11.8. The summed E-state index contributed by atoms with van der Waals surface area (Å²) < 4.78 is 27.2. The van der Waals surface area contributed by atoms with E-state index in [1.807, 2.05) is 6.07 Å². The topological polar surface area (TPSA) is 90.9 Å². The van der Waals surface area contributed by atoms with Crippen LogP contribution in [0, 0.1) is 0 Å². The van der Waals surface area contributed by atoms with Crippen molar-refractivity contribution in [3.05, 3.63) is 53.6 Å². The van der Waals surface area contributed by atoms with Gasteiger partial charge in [-0.2, -0.15) is 0 Å². The van der Waals surface area contributed by atoms with Crippen molar-refractivity contribution in [1.29, 1.82) is 0 Å². The highest BCUT2D eigenvalue weighted by Crippen LogP contribution is 2.32. The molecule has 0 unspecified atom stereocenters. The third-order valence-corrected chi connectivity index (χ3v) is 4.65. The lowest BCUT2D eigenvalue weighted by molar-refractivity contribution is -0.124. The summed E-state index contributed by atoms with van der Waals surface area (Å²) in [5.41, 5.74) is 1.03. The van der Waals surface area contributed by atoms with Crippen LogP contribution in [0.15, 0.2) is 47.4 Å². The molecular formula is C18H17NO6S. The number of hydrogen-bond donors (Lipinski definition) is 1. The van der Waals surface area contributed by atoms with Gasteiger partial charge in [0.25, 0.3) is 5.91 Å². The van der Waals surface area contributed by atoms with Crippen LogP contribution in [0.1, 0.15) is 15.9 Å². The summed E-state index contributed by atoms with van der Waals surface area (Å²) in [5.74, 6) is 0.175. The molecule has 1 atom stereocenters. The van der Waals surface area contributed by atoms with Gasteiger partial charge in [0, 0.05) is 12.8 Å². The quantitative estimate of drug-likeness (QED) is 0.772. The van der Waals surface area contributed by atoms with Gasteiger partial charge in [0.05, 0.1) is 21.3 Å². The summed E-state index contributed by atoms with van der Waals surface area (Å²) in [5, 5.41) is 2.66. The van der Waals surface area contributed by atoms with Crippen molar-refractivity contribution >= 4 is 22.7 Å². The second-order valence-electron chi connectivity index (χ2n) is 5.49. The molecule has 1 amide bonds. The van der Waals surface area contributed by atoms with Crippen LogP contribution in [0.4, 0.5) is 0 Å². The van der Waals surface area contributed by atoms with Gasteiger partial charge >= 0.3 is 5.97 Å². The number of ether oxygens (including phenoxy) is 3. The first kappa shape index (κ1) is 17.9. The van der Waals surface area contributed by atoms with Crippen molar-refractivity contribution in [3.8, 4) is 11.5 Å². The lowest BCUT2D eigenvalue weighted by atomic mass is 10.2. The maximum atomic E-state index is 12.1. The summed E-state index contributed by atoms with van der Waals surface area (Å²) in [6.45, 7) is 0.0295. The van der Waals surface area contributed by atoms with Gasteiger partial charge < -0.3 is 19.5 Å². The normalized spacial score (nSPS) is 13.1. The van der Waals surface area contributed by atoms with Crippen molar-refractivity contribution in [2.24, 2.45) is 0 Å². The lowest BCUT2D eigenvalue weighted by Gasteiger charge is -2.09. The highest BCUT2D eigenvalue weighted by Gasteiger charge is 2.16. The number of nitrogens with one attached hydrogen (secondary N) is 1. The van der Waals surface area contributed by atoms with Crippen LogP contribution in [-0.2, 0) is 26.9 Å². The monoisotopic (exact) mass is 375 g/mol. The third-order valence-electron chi connectivity index (χ3n) is 3.68. The van der Waals surface area contributed by atoms with Crippen LogP contribution >= 0.6 is 0 Å². The number of amides is 1. The number of rotatable bonds is 6. The van der Waals surface area contributed by atoms with Crippen LogP contribution in [-0.4, -0.2) is 35.7 Å². The Labute approximate surface area is 152 Å². The van der Waals surface area contributed by atoms with Crippen molar-refractivity contribution < 1.29 is 28.0 Å². The predicted molar refractivity (Wildman–Crippen MR) is 93.5 cm³/mol. The van der Waals surface area contributed by atoms with Crippen molar-refractivity contribution in [1.82, 2.24) is 5.32 Å². The smallest absolute Gasteiger partial charge is 0.339 e. The number of benzene rings is 2. The molecule has 0 bridgehead atoms. The molecule has 8 heteroatoms. The molecule has 0 radical (unpaired) electrons. The minimum Gasteiger partial charge on any atom is -0.454 e. The van der Waals surface area contributed by atoms with Gasteiger partial charge in [-0.1, -0.05) is 18.2 Å². The molecule has 2 aromatic carbocycles. The van der Waals surface area contributed by atoms with Crippen LogP contribution in [0.5, 0.6) is 11.5 Å². The standard InChI is InChI=1S/C18H17NO6S/c1-26(22)16-5-3-2-4-13(16)18(21)23-10-17(20)19-9-12-6-7-14-15(8-12)25-11-24-14/h2-8H,9-11H2,1H3,(H,19,20)/t26-/m1/s1. The molecule has 26 heavy (non-hydrogen) atoms. The molecule has 0 fully saturated rings. The molecule has 0 aromatic heterocycles. The average molecular weight is 375 g/mol. The van der Waals surface area contributed by atoms with Gasteiger partial charge in [-0.25, -0.2) is 4.79 Å². The fourth-order valence-corrected chi connectivity index (χ4v) is 3.13. The Bertz CT molecular complexity index is 867. The molecule has 7 nitrogen and oxygen atoms in total. The van der Waals surface area contributed by atoms with E-state index in [0.717, 1.165) is 5.56 Å². The van der Waals surface area contributed by atoms with E-state index >= 15 is 0 Å². The minimum atomic E-state index is -1.33. The number of hydrogen-bond acceptors (Lipinski definition) is 6. The van der Waals surface area contributed by atoms with Crippen LogP contribution in [0.25, 0.3) is 0 Å². The first-order valence-corrected chi connectivity index (χ1v) is 9.35. The third kappa shape index (κ3) is 4.20. The van der Waals surface area contributed by atoms with Gasteiger partial charge in [0.15, 0.2) is 18.1 Å². The average Bonchev–Trinajstić information content (AvgIpc) is 3.12. The second-order valence-corrected chi connectivity index (χ2v) is 6.84. The van der Waals surface area contributed by atoms with E-state index in [9.17, 15) is 13.8 Å². The van der Waals surface area contributed by atoms with E-state index in [-0.39, 0.29) is 18.9 Å². The van der Waals surface area contributed by atoms with Gasteiger partial charge in [-0.05, 0) is 29.8 Å². The zero-order valence-electron chi connectivity index (χ0n) is 14.0. The van der Waals surface area contributed by atoms with Crippen molar-refractivity contribution in [2.45, 2.75) is 11.4 Å². The maximum Gasteiger partial charge on any atom is 0.339 e. The van der Waals surface area contributed by atoms with Crippen LogP contribution in [0.3, 0.4) is 0 Å². The molecule has 0 spiro atoms. The molecule has 1 aliphatic heterocycles. The van der Waals surface area contributed by atoms with E-state index in [1.54, 1.807) is 30.3 Å². The Balaban J connectivity index is 1.51. The van der Waals surface area contributed by atoms with Gasteiger partial charge in [0.2, 0.25) is 6.79 Å². The largest absolute Gasteiger partial charge is 0.454 e. The summed E-state index contributed by atoms with van der Waals surface area (Å²) in [6.07, 6.45) is 1.48. The second kappa shape index (κ2) is 8.01. The Morgan fingerprint density at radius 1 is 1.15 bits per heavy atom. The Hall–Kier alpha value is -2.87. The fourth-order valence-electron chi connectivity index (χ4n) is 2.40. The molecule has 1 aliphatic rings. The van der Waals surface area contributed by atoms with E-state index in [4.69, 9.17) is 14.2 Å². The fraction of sp³-hybridized carbons (Fsp3) is 0.222. The predicted octanol–water partition coefficient (Wildman–Crippen LogP) is 1.63. The van der Waals surface area contributed by atoms with E-state index < -0.39 is 29.3 Å².